The molecule has 2 aromatic heterocycles. The van der Waals surface area contributed by atoms with Crippen LogP contribution in [0.4, 0.5) is 5.88 Å². The van der Waals surface area contributed by atoms with E-state index in [0.717, 1.165) is 83.3 Å². The predicted octanol–water partition coefficient (Wildman–Crippen LogP) is 10.6. The van der Waals surface area contributed by atoms with Gasteiger partial charge in [0, 0.05) is 33.8 Å². The molecule has 2 aliphatic rings. The lowest BCUT2D eigenvalue weighted by Crippen LogP contribution is -2.33. The normalized spacial score (nSPS) is 15.4. The number of aliphatic imine (C=N–C) groups is 2. The summed E-state index contributed by atoms with van der Waals surface area (Å²) in [6, 6.07) is 48.0. The fourth-order valence-electron chi connectivity index (χ4n) is 7.24. The van der Waals surface area contributed by atoms with E-state index in [1.54, 1.807) is 0 Å². The molecular weight excluding hydrogens is 617 g/mol. The van der Waals surface area contributed by atoms with Crippen molar-refractivity contribution in [2.24, 2.45) is 9.98 Å². The van der Waals surface area contributed by atoms with Crippen molar-refractivity contribution in [3.05, 3.63) is 168 Å². The highest BCUT2D eigenvalue weighted by molar-refractivity contribution is 6.24. The van der Waals surface area contributed by atoms with Crippen LogP contribution in [0.15, 0.2) is 164 Å². The second-order valence-electron chi connectivity index (χ2n) is 12.6. The SMILES string of the molecule is C1=Cc2c(oc3ccc(-c4cccc(-c5ccccc5)c4)c(C4=NC(c5ccccc5)NC(c5cccc6c5oc5ccccc56)=N4)c23)NC1. The number of nitrogens with zero attached hydrogens (tertiary/aromatic N) is 2. The molecule has 2 N–H and O–H groups in total. The molecule has 6 heteroatoms. The van der Waals surface area contributed by atoms with Crippen molar-refractivity contribution in [2.75, 3.05) is 11.9 Å². The monoisotopic (exact) mass is 646 g/mol. The maximum absolute atomic E-state index is 6.51. The zero-order valence-corrected chi connectivity index (χ0v) is 26.9. The molecule has 4 heterocycles. The number of rotatable bonds is 5. The van der Waals surface area contributed by atoms with Gasteiger partial charge in [-0.2, -0.15) is 0 Å². The van der Waals surface area contributed by atoms with Crippen molar-refractivity contribution in [3.8, 4) is 22.3 Å². The van der Waals surface area contributed by atoms with E-state index in [1.165, 1.54) is 0 Å². The van der Waals surface area contributed by atoms with Gasteiger partial charge in [-0.3, -0.25) is 0 Å². The van der Waals surface area contributed by atoms with Gasteiger partial charge in [0.15, 0.2) is 5.84 Å². The van der Waals surface area contributed by atoms with E-state index in [9.17, 15) is 0 Å². The first kappa shape index (κ1) is 28.4. The molecule has 6 nitrogen and oxygen atoms in total. The highest BCUT2D eigenvalue weighted by Gasteiger charge is 2.29. The lowest BCUT2D eigenvalue weighted by Gasteiger charge is -2.25. The molecule has 10 rings (SSSR count). The summed E-state index contributed by atoms with van der Waals surface area (Å²) in [7, 11) is 0. The molecule has 0 saturated carbocycles. The van der Waals surface area contributed by atoms with E-state index in [2.05, 4.69) is 120 Å². The highest BCUT2D eigenvalue weighted by Crippen LogP contribution is 2.42. The number of anilines is 1. The van der Waals surface area contributed by atoms with Crippen LogP contribution in [-0.2, 0) is 0 Å². The van der Waals surface area contributed by atoms with E-state index in [1.807, 2.05) is 42.5 Å². The average Bonchev–Trinajstić information content (AvgIpc) is 3.77. The maximum atomic E-state index is 6.51. The average molecular weight is 647 g/mol. The molecule has 8 aromatic rings. The van der Waals surface area contributed by atoms with E-state index in [-0.39, 0.29) is 0 Å². The Balaban J connectivity index is 1.25. The van der Waals surface area contributed by atoms with Crippen molar-refractivity contribution in [2.45, 2.75) is 6.17 Å². The number of furan rings is 2. The standard InChI is InChI=1S/C44H30N4O2/c1-3-12-27(13-4-1)29-16-9-17-30(26-29)31-23-24-37-38(34-21-11-25-45-44(34)50-37)39(31)43-47-41(28-14-5-2-6-15-28)46-42(48-43)35-20-10-19-33-32-18-7-8-22-36(32)49-40(33)35/h1-24,26,41,45H,25H2,(H,46,47,48). The van der Waals surface area contributed by atoms with Crippen molar-refractivity contribution in [1.82, 2.24) is 5.32 Å². The van der Waals surface area contributed by atoms with Crippen LogP contribution < -0.4 is 10.6 Å². The summed E-state index contributed by atoms with van der Waals surface area (Å²) in [4.78, 5) is 10.7. The topological polar surface area (TPSA) is 75.1 Å². The number of hydrogen-bond donors (Lipinski definition) is 2. The predicted molar refractivity (Wildman–Crippen MR) is 204 cm³/mol. The van der Waals surface area contributed by atoms with Gasteiger partial charge in [-0.1, -0.05) is 121 Å². The Kier molecular flexibility index (Phi) is 6.52. The van der Waals surface area contributed by atoms with Crippen molar-refractivity contribution in [3.63, 3.8) is 0 Å². The summed E-state index contributed by atoms with van der Waals surface area (Å²) in [6.07, 6.45) is 3.87. The summed E-state index contributed by atoms with van der Waals surface area (Å²) in [5.74, 6) is 2.07. The highest BCUT2D eigenvalue weighted by atomic mass is 16.4. The smallest absolute Gasteiger partial charge is 0.201 e. The molecule has 1 atom stereocenters. The van der Waals surface area contributed by atoms with Crippen molar-refractivity contribution in [1.29, 1.82) is 0 Å². The molecule has 238 valence electrons. The Morgan fingerprint density at radius 1 is 0.620 bits per heavy atom. The number of hydrogen-bond acceptors (Lipinski definition) is 6. The molecule has 1 unspecified atom stereocenters. The Hall–Kier alpha value is -6.66. The molecular formula is C44H30N4O2. The Morgan fingerprint density at radius 2 is 1.38 bits per heavy atom. The van der Waals surface area contributed by atoms with Crippen molar-refractivity contribution >= 4 is 56.5 Å². The molecule has 50 heavy (non-hydrogen) atoms. The van der Waals surface area contributed by atoms with Crippen LogP contribution >= 0.6 is 0 Å². The van der Waals surface area contributed by atoms with Gasteiger partial charge in [0.1, 0.15) is 28.8 Å². The molecule has 0 bridgehead atoms. The maximum Gasteiger partial charge on any atom is 0.201 e. The Bertz CT molecular complexity index is 2680. The lowest BCUT2D eigenvalue weighted by atomic mass is 9.91. The minimum Gasteiger partial charge on any atom is -0.455 e. The van der Waals surface area contributed by atoms with Gasteiger partial charge in [0.2, 0.25) is 5.88 Å². The van der Waals surface area contributed by atoms with Gasteiger partial charge < -0.3 is 19.5 Å². The van der Waals surface area contributed by atoms with Gasteiger partial charge >= 0.3 is 0 Å². The quantitative estimate of drug-likeness (QED) is 0.195. The van der Waals surface area contributed by atoms with Gasteiger partial charge in [-0.05, 0) is 58.1 Å². The third-order valence-corrected chi connectivity index (χ3v) is 9.58. The van der Waals surface area contributed by atoms with E-state index in [4.69, 9.17) is 18.8 Å². The van der Waals surface area contributed by atoms with Gasteiger partial charge in [-0.15, -0.1) is 0 Å². The Morgan fingerprint density at radius 3 is 2.28 bits per heavy atom. The zero-order chi connectivity index (χ0) is 33.0. The number of fused-ring (bicyclic) bond motifs is 6. The summed E-state index contributed by atoms with van der Waals surface area (Å²) in [5, 5.41) is 10.2. The summed E-state index contributed by atoms with van der Waals surface area (Å²) in [6.45, 7) is 0.707. The first-order valence-electron chi connectivity index (χ1n) is 16.8. The van der Waals surface area contributed by atoms with Crippen LogP contribution in [-0.4, -0.2) is 18.2 Å². The molecule has 0 radical (unpaired) electrons. The molecule has 6 aromatic carbocycles. The fourth-order valence-corrected chi connectivity index (χ4v) is 7.24. The summed E-state index contributed by atoms with van der Waals surface area (Å²) < 4.78 is 12.9. The number of nitrogens with one attached hydrogen (secondary N) is 2. The van der Waals surface area contributed by atoms with Crippen LogP contribution in [0.5, 0.6) is 0 Å². The number of benzene rings is 6. The van der Waals surface area contributed by atoms with E-state index in [0.29, 0.717) is 18.2 Å². The number of amidine groups is 2. The van der Waals surface area contributed by atoms with Crippen LogP contribution in [0.2, 0.25) is 0 Å². The molecule has 0 amide bonds. The molecule has 0 spiro atoms. The van der Waals surface area contributed by atoms with Crippen LogP contribution in [0, 0.1) is 0 Å². The fraction of sp³-hybridized carbons (Fsp3) is 0.0455. The van der Waals surface area contributed by atoms with Crippen LogP contribution in [0.3, 0.4) is 0 Å². The Labute approximate surface area is 288 Å². The summed E-state index contributed by atoms with van der Waals surface area (Å²) in [5.41, 5.74) is 10.6. The van der Waals surface area contributed by atoms with Crippen molar-refractivity contribution < 1.29 is 8.83 Å². The van der Waals surface area contributed by atoms with E-state index >= 15 is 0 Å². The largest absolute Gasteiger partial charge is 0.455 e. The zero-order valence-electron chi connectivity index (χ0n) is 26.9. The lowest BCUT2D eigenvalue weighted by molar-refractivity contribution is 0.628. The summed E-state index contributed by atoms with van der Waals surface area (Å²) >= 11 is 0. The first-order chi connectivity index (χ1) is 24.8. The van der Waals surface area contributed by atoms with Crippen LogP contribution in [0.25, 0.3) is 61.2 Å². The molecule has 0 saturated heterocycles. The number of para-hydroxylation sites is 2. The van der Waals surface area contributed by atoms with Gasteiger partial charge in [0.05, 0.1) is 5.56 Å². The van der Waals surface area contributed by atoms with Gasteiger partial charge in [-0.25, -0.2) is 9.98 Å². The second-order valence-corrected chi connectivity index (χ2v) is 12.6. The van der Waals surface area contributed by atoms with Gasteiger partial charge in [0.25, 0.3) is 0 Å². The minimum atomic E-state index is -0.395. The van der Waals surface area contributed by atoms with E-state index < -0.39 is 6.17 Å². The second kappa shape index (κ2) is 11.5. The third kappa shape index (κ3) is 4.65. The third-order valence-electron chi connectivity index (χ3n) is 9.58. The molecule has 0 fully saturated rings. The molecule has 0 aliphatic carbocycles. The van der Waals surface area contributed by atoms with Crippen LogP contribution in [0.1, 0.15) is 28.4 Å². The minimum absolute atomic E-state index is 0.395. The molecule has 2 aliphatic heterocycles. The first-order valence-corrected chi connectivity index (χ1v) is 16.8.